The molecule has 0 saturated carbocycles. The van der Waals surface area contributed by atoms with Crippen LogP contribution in [0.15, 0.2) is 186 Å². The van der Waals surface area contributed by atoms with Crippen molar-refractivity contribution in [3.05, 3.63) is 182 Å². The number of hydrogen-bond acceptors (Lipinski definition) is 1. The highest BCUT2D eigenvalue weighted by Gasteiger charge is 2.16. The fourth-order valence-electron chi connectivity index (χ4n) is 8.15. The first-order chi connectivity index (χ1) is 25.3. The Labute approximate surface area is 293 Å². The van der Waals surface area contributed by atoms with Gasteiger partial charge in [0.2, 0.25) is 0 Å². The molecule has 0 N–H and O–H groups in total. The van der Waals surface area contributed by atoms with Gasteiger partial charge in [-0.15, -0.1) is 0 Å². The van der Waals surface area contributed by atoms with Gasteiger partial charge in [-0.3, -0.25) is 0 Å². The van der Waals surface area contributed by atoms with Gasteiger partial charge >= 0.3 is 0 Å². The standard InChI is InChI=1S/C48H30N2O/c1-3-11-35(12-4-1)49-43-17-9-7-15-37(43)41-27-31(21-25-45(41)49)33-19-23-39-40-24-20-34(30-48(40)51-47(39)29-33)32-22-26-46-42(28-32)38-16-8-10-18-44(38)50(46)36-13-5-2-6-14-36/h1-30H. The molecule has 0 atom stereocenters. The predicted octanol–water partition coefficient (Wildman–Crippen LogP) is 13.1. The SMILES string of the molecule is c1ccc(-n2c3ccccc3c3cc(-c4ccc5c(c4)oc4cc(-c6ccc7c(c6)c6ccccc6n7-c6ccccc6)ccc45)ccc32)cc1. The van der Waals surface area contributed by atoms with Crippen LogP contribution in [0.3, 0.4) is 0 Å². The molecule has 0 fully saturated rings. The Morgan fingerprint density at radius 2 is 0.647 bits per heavy atom. The fourth-order valence-corrected chi connectivity index (χ4v) is 8.15. The van der Waals surface area contributed by atoms with Gasteiger partial charge in [0, 0.05) is 43.7 Å². The molecule has 3 heterocycles. The van der Waals surface area contributed by atoms with E-state index in [1.807, 2.05) is 0 Å². The fraction of sp³-hybridized carbons (Fsp3) is 0. The van der Waals surface area contributed by atoms with Gasteiger partial charge in [0.1, 0.15) is 11.2 Å². The van der Waals surface area contributed by atoms with E-state index in [-0.39, 0.29) is 0 Å². The van der Waals surface area contributed by atoms with Crippen molar-refractivity contribution in [2.45, 2.75) is 0 Å². The average molecular weight is 651 g/mol. The van der Waals surface area contributed by atoms with Crippen LogP contribution in [0.1, 0.15) is 0 Å². The third-order valence-corrected chi connectivity index (χ3v) is 10.5. The van der Waals surface area contributed by atoms with E-state index in [1.165, 1.54) is 66.1 Å². The van der Waals surface area contributed by atoms with Crippen LogP contribution in [0.25, 0.3) is 99.2 Å². The van der Waals surface area contributed by atoms with Gasteiger partial charge in [-0.2, -0.15) is 0 Å². The second-order valence-corrected chi connectivity index (χ2v) is 13.4. The molecule has 238 valence electrons. The van der Waals surface area contributed by atoms with Crippen molar-refractivity contribution < 1.29 is 4.42 Å². The van der Waals surface area contributed by atoms with Gasteiger partial charge in [0.05, 0.1) is 22.1 Å². The molecule has 0 bridgehead atoms. The van der Waals surface area contributed by atoms with Crippen molar-refractivity contribution >= 4 is 65.6 Å². The van der Waals surface area contributed by atoms with Crippen LogP contribution in [0.5, 0.6) is 0 Å². The minimum absolute atomic E-state index is 0.896. The largest absolute Gasteiger partial charge is 0.456 e. The lowest BCUT2D eigenvalue weighted by atomic mass is 10.00. The molecule has 0 unspecified atom stereocenters. The number of rotatable bonds is 4. The lowest BCUT2D eigenvalue weighted by Gasteiger charge is -2.08. The summed E-state index contributed by atoms with van der Waals surface area (Å²) in [6.07, 6.45) is 0. The molecule has 11 rings (SSSR count). The van der Waals surface area contributed by atoms with Gasteiger partial charge in [-0.1, -0.05) is 97.1 Å². The van der Waals surface area contributed by atoms with Crippen molar-refractivity contribution in [2.75, 3.05) is 0 Å². The van der Waals surface area contributed by atoms with Gasteiger partial charge in [-0.05, 0) is 107 Å². The maximum atomic E-state index is 6.61. The van der Waals surface area contributed by atoms with E-state index in [4.69, 9.17) is 4.42 Å². The Hall–Kier alpha value is -6.84. The molecule has 51 heavy (non-hydrogen) atoms. The molecule has 0 aliphatic carbocycles. The quantitative estimate of drug-likeness (QED) is 0.186. The van der Waals surface area contributed by atoms with Crippen molar-refractivity contribution in [3.8, 4) is 33.6 Å². The minimum Gasteiger partial charge on any atom is -0.456 e. The maximum absolute atomic E-state index is 6.61. The highest BCUT2D eigenvalue weighted by Crippen LogP contribution is 2.39. The number of furan rings is 1. The van der Waals surface area contributed by atoms with Crippen LogP contribution in [0.4, 0.5) is 0 Å². The van der Waals surface area contributed by atoms with E-state index < -0.39 is 0 Å². The molecule has 3 heteroatoms. The summed E-state index contributed by atoms with van der Waals surface area (Å²) in [5, 5.41) is 7.24. The highest BCUT2D eigenvalue weighted by molar-refractivity contribution is 6.12. The zero-order valence-electron chi connectivity index (χ0n) is 27.6. The second kappa shape index (κ2) is 10.8. The van der Waals surface area contributed by atoms with Crippen molar-refractivity contribution in [2.24, 2.45) is 0 Å². The summed E-state index contributed by atoms with van der Waals surface area (Å²) in [4.78, 5) is 0. The van der Waals surface area contributed by atoms with Gasteiger partial charge in [-0.25, -0.2) is 0 Å². The molecular formula is C48H30N2O. The Morgan fingerprint density at radius 1 is 0.275 bits per heavy atom. The second-order valence-electron chi connectivity index (χ2n) is 13.4. The third-order valence-electron chi connectivity index (χ3n) is 10.5. The number of fused-ring (bicyclic) bond motifs is 9. The first-order valence-electron chi connectivity index (χ1n) is 17.4. The zero-order chi connectivity index (χ0) is 33.5. The molecule has 11 aromatic rings. The van der Waals surface area contributed by atoms with Crippen LogP contribution < -0.4 is 0 Å². The van der Waals surface area contributed by atoms with Crippen molar-refractivity contribution in [1.82, 2.24) is 9.13 Å². The molecule has 0 spiro atoms. The lowest BCUT2D eigenvalue weighted by molar-refractivity contribution is 0.669. The Morgan fingerprint density at radius 3 is 1.12 bits per heavy atom. The summed E-state index contributed by atoms with van der Waals surface area (Å²) < 4.78 is 11.3. The minimum atomic E-state index is 0.896. The molecule has 8 aromatic carbocycles. The van der Waals surface area contributed by atoms with Crippen LogP contribution in [-0.2, 0) is 0 Å². The van der Waals surface area contributed by atoms with Crippen LogP contribution in [-0.4, -0.2) is 9.13 Å². The average Bonchev–Trinajstić information content (AvgIpc) is 3.85. The zero-order valence-corrected chi connectivity index (χ0v) is 27.6. The molecule has 0 radical (unpaired) electrons. The molecule has 0 aliphatic rings. The number of para-hydroxylation sites is 4. The van der Waals surface area contributed by atoms with Crippen molar-refractivity contribution in [3.63, 3.8) is 0 Å². The summed E-state index contributed by atoms with van der Waals surface area (Å²) >= 11 is 0. The monoisotopic (exact) mass is 650 g/mol. The van der Waals surface area contributed by atoms with E-state index in [0.29, 0.717) is 0 Å². The van der Waals surface area contributed by atoms with Crippen LogP contribution >= 0.6 is 0 Å². The smallest absolute Gasteiger partial charge is 0.136 e. The van der Waals surface area contributed by atoms with E-state index in [1.54, 1.807) is 0 Å². The van der Waals surface area contributed by atoms with E-state index >= 15 is 0 Å². The number of nitrogens with zero attached hydrogens (tertiary/aromatic N) is 2. The first-order valence-corrected chi connectivity index (χ1v) is 17.4. The molecule has 3 nitrogen and oxygen atoms in total. The lowest BCUT2D eigenvalue weighted by Crippen LogP contribution is -1.92. The van der Waals surface area contributed by atoms with Gasteiger partial charge < -0.3 is 13.6 Å². The normalized spacial score (nSPS) is 11.9. The topological polar surface area (TPSA) is 23.0 Å². The summed E-state index contributed by atoms with van der Waals surface area (Å²) in [5.74, 6) is 0. The molecule has 0 amide bonds. The van der Waals surface area contributed by atoms with Crippen LogP contribution in [0, 0.1) is 0 Å². The summed E-state index contributed by atoms with van der Waals surface area (Å²) in [5.41, 5.74) is 13.6. The summed E-state index contributed by atoms with van der Waals surface area (Å²) in [6.45, 7) is 0. The van der Waals surface area contributed by atoms with Gasteiger partial charge in [0.25, 0.3) is 0 Å². The van der Waals surface area contributed by atoms with Gasteiger partial charge in [0.15, 0.2) is 0 Å². The molecular weight excluding hydrogens is 621 g/mol. The van der Waals surface area contributed by atoms with Crippen LogP contribution in [0.2, 0.25) is 0 Å². The molecule has 3 aromatic heterocycles. The van der Waals surface area contributed by atoms with E-state index in [0.717, 1.165) is 33.1 Å². The van der Waals surface area contributed by atoms with E-state index in [9.17, 15) is 0 Å². The Kier molecular flexibility index (Phi) is 5.96. The molecule has 0 saturated heterocycles. The van der Waals surface area contributed by atoms with E-state index in [2.05, 4.69) is 191 Å². The highest BCUT2D eigenvalue weighted by atomic mass is 16.3. The summed E-state index contributed by atoms with van der Waals surface area (Å²) in [7, 11) is 0. The van der Waals surface area contributed by atoms with Crippen molar-refractivity contribution in [1.29, 1.82) is 0 Å². The number of aromatic nitrogens is 2. The molecule has 0 aliphatic heterocycles. The third kappa shape index (κ3) is 4.25. The Balaban J connectivity index is 1.01. The maximum Gasteiger partial charge on any atom is 0.136 e. The number of benzene rings is 8. The summed E-state index contributed by atoms with van der Waals surface area (Å²) in [6, 6.07) is 65.4. The number of hydrogen-bond donors (Lipinski definition) is 0. The predicted molar refractivity (Wildman–Crippen MR) is 213 cm³/mol. The Bertz CT molecular complexity index is 2910. The first kappa shape index (κ1) is 28.0.